The summed E-state index contributed by atoms with van der Waals surface area (Å²) in [4.78, 5) is 14.7. The van der Waals surface area contributed by atoms with Crippen LogP contribution in [0.2, 0.25) is 0 Å². The van der Waals surface area contributed by atoms with Crippen molar-refractivity contribution in [3.63, 3.8) is 0 Å². The van der Waals surface area contributed by atoms with Crippen LogP contribution in [0.25, 0.3) is 10.9 Å². The highest BCUT2D eigenvalue weighted by Gasteiger charge is 2.10. The lowest BCUT2D eigenvalue weighted by atomic mass is 10.3. The van der Waals surface area contributed by atoms with E-state index >= 15 is 0 Å². The average molecular weight is 177 g/mol. The van der Waals surface area contributed by atoms with E-state index in [1.807, 2.05) is 0 Å². The fourth-order valence-electron chi connectivity index (χ4n) is 1.28. The molecule has 0 amide bonds. The molecule has 0 aromatic carbocycles. The van der Waals surface area contributed by atoms with E-state index in [-0.39, 0.29) is 0 Å². The van der Waals surface area contributed by atoms with Crippen molar-refractivity contribution < 1.29 is 9.90 Å². The van der Waals surface area contributed by atoms with Gasteiger partial charge in [-0.3, -0.25) is 4.98 Å². The molecular weight excluding hydrogens is 170 g/mol. The Balaban J connectivity index is 2.86. The second-order valence-electron chi connectivity index (χ2n) is 2.67. The number of hydrogen-bond acceptors (Lipinski definition) is 3. The second-order valence-corrected chi connectivity index (χ2v) is 2.67. The van der Waals surface area contributed by atoms with E-state index in [1.54, 1.807) is 19.2 Å². The number of nitrogens with zero attached hydrogens (tertiary/aromatic N) is 3. The maximum Gasteiger partial charge on any atom is 0.432 e. The van der Waals surface area contributed by atoms with Crippen molar-refractivity contribution in [2.75, 3.05) is 0 Å². The molecule has 5 nitrogen and oxygen atoms in total. The Bertz CT molecular complexity index is 475. The first kappa shape index (κ1) is 7.72. The van der Waals surface area contributed by atoms with Crippen LogP contribution in [0, 0.1) is 6.92 Å². The molecule has 1 N–H and O–H groups in total. The third-order valence-corrected chi connectivity index (χ3v) is 1.84. The molecule has 2 aromatic rings. The Labute approximate surface area is 73.6 Å². The molecule has 0 fully saturated rings. The highest BCUT2D eigenvalue weighted by atomic mass is 16.4. The first-order valence-electron chi connectivity index (χ1n) is 3.73. The molecule has 0 spiro atoms. The molecule has 0 radical (unpaired) electrons. The van der Waals surface area contributed by atoms with Crippen LogP contribution >= 0.6 is 0 Å². The molecule has 0 saturated heterocycles. The number of rotatable bonds is 0. The number of carbonyl (C=O) groups is 1. The van der Waals surface area contributed by atoms with Gasteiger partial charge in [-0.1, -0.05) is 0 Å². The normalized spacial score (nSPS) is 10.5. The molecule has 0 bridgehead atoms. The molecule has 0 saturated carbocycles. The summed E-state index contributed by atoms with van der Waals surface area (Å²) in [6.45, 7) is 1.75. The quantitative estimate of drug-likeness (QED) is 0.657. The zero-order valence-electron chi connectivity index (χ0n) is 6.93. The summed E-state index contributed by atoms with van der Waals surface area (Å²) < 4.78 is 0.928. The summed E-state index contributed by atoms with van der Waals surface area (Å²) in [6, 6.07) is 1.73. The lowest BCUT2D eigenvalue weighted by Gasteiger charge is -1.97. The smallest absolute Gasteiger partial charge is 0.432 e. The van der Waals surface area contributed by atoms with Gasteiger partial charge in [0.25, 0.3) is 0 Å². The standard InChI is InChI=1S/C8H7N3O2/c1-5-7-6(2-3-9-5)4-10-11(7)8(12)13/h2-4H,1H3,(H,12,13). The third-order valence-electron chi connectivity index (χ3n) is 1.84. The number of hydrogen-bond donors (Lipinski definition) is 1. The SMILES string of the molecule is Cc1nccc2cnn(C(=O)O)c12. The second kappa shape index (κ2) is 2.55. The van der Waals surface area contributed by atoms with Crippen LogP contribution in [-0.2, 0) is 0 Å². The van der Waals surface area contributed by atoms with Gasteiger partial charge >= 0.3 is 6.09 Å². The average Bonchev–Trinajstić information content (AvgIpc) is 2.49. The summed E-state index contributed by atoms with van der Waals surface area (Å²) in [5.41, 5.74) is 1.22. The van der Waals surface area contributed by atoms with Crippen LogP contribution < -0.4 is 0 Å². The highest BCUT2D eigenvalue weighted by molar-refractivity contribution is 5.88. The van der Waals surface area contributed by atoms with E-state index in [4.69, 9.17) is 5.11 Å². The van der Waals surface area contributed by atoms with Crippen molar-refractivity contribution in [2.24, 2.45) is 0 Å². The van der Waals surface area contributed by atoms with Crippen LogP contribution in [-0.4, -0.2) is 26.0 Å². The van der Waals surface area contributed by atoms with Gasteiger partial charge < -0.3 is 5.11 Å². The minimum Gasteiger partial charge on any atom is -0.463 e. The Morgan fingerprint density at radius 2 is 2.38 bits per heavy atom. The summed E-state index contributed by atoms with van der Waals surface area (Å²) in [5, 5.41) is 13.3. The zero-order valence-corrected chi connectivity index (χ0v) is 6.93. The van der Waals surface area contributed by atoms with Crippen molar-refractivity contribution in [1.29, 1.82) is 0 Å². The molecule has 0 atom stereocenters. The monoisotopic (exact) mass is 177 g/mol. The minimum absolute atomic E-state index is 0.551. The van der Waals surface area contributed by atoms with Crippen molar-refractivity contribution in [1.82, 2.24) is 14.8 Å². The van der Waals surface area contributed by atoms with Crippen LogP contribution in [0.15, 0.2) is 18.5 Å². The van der Waals surface area contributed by atoms with Crippen molar-refractivity contribution in [3.05, 3.63) is 24.2 Å². The Hall–Kier alpha value is -1.91. The van der Waals surface area contributed by atoms with E-state index in [9.17, 15) is 4.79 Å². The molecule has 5 heteroatoms. The predicted octanol–water partition coefficient (Wildman–Crippen LogP) is 1.27. The van der Waals surface area contributed by atoms with Crippen LogP contribution in [0.1, 0.15) is 5.69 Å². The highest BCUT2D eigenvalue weighted by Crippen LogP contribution is 2.14. The van der Waals surface area contributed by atoms with Gasteiger partial charge in [-0.25, -0.2) is 4.79 Å². The van der Waals surface area contributed by atoms with Crippen molar-refractivity contribution >= 4 is 17.0 Å². The number of aryl methyl sites for hydroxylation is 1. The van der Waals surface area contributed by atoms with Crippen LogP contribution in [0.5, 0.6) is 0 Å². The Morgan fingerprint density at radius 3 is 3.08 bits per heavy atom. The van der Waals surface area contributed by atoms with Gasteiger partial charge in [-0.2, -0.15) is 9.78 Å². The molecular formula is C8H7N3O2. The Kier molecular flexibility index (Phi) is 1.51. The van der Waals surface area contributed by atoms with Crippen molar-refractivity contribution in [3.8, 4) is 0 Å². The zero-order chi connectivity index (χ0) is 9.42. The lowest BCUT2D eigenvalue weighted by molar-refractivity contribution is 0.194. The first-order chi connectivity index (χ1) is 6.20. The van der Waals surface area contributed by atoms with Gasteiger partial charge in [0, 0.05) is 11.6 Å². The van der Waals surface area contributed by atoms with Gasteiger partial charge in [-0.05, 0) is 13.0 Å². The van der Waals surface area contributed by atoms with Gasteiger partial charge in [0.05, 0.1) is 11.9 Å². The minimum atomic E-state index is -1.09. The number of pyridine rings is 1. The lowest BCUT2D eigenvalue weighted by Crippen LogP contribution is -2.10. The van der Waals surface area contributed by atoms with E-state index < -0.39 is 6.09 Å². The van der Waals surface area contributed by atoms with Gasteiger partial charge in [-0.15, -0.1) is 0 Å². The fourth-order valence-corrected chi connectivity index (χ4v) is 1.28. The number of fused-ring (bicyclic) bond motifs is 1. The van der Waals surface area contributed by atoms with E-state index in [2.05, 4.69) is 10.1 Å². The third kappa shape index (κ3) is 1.05. The maximum atomic E-state index is 10.7. The maximum absolute atomic E-state index is 10.7. The van der Waals surface area contributed by atoms with E-state index in [0.717, 1.165) is 10.1 Å². The van der Waals surface area contributed by atoms with E-state index in [0.29, 0.717) is 11.2 Å². The van der Waals surface area contributed by atoms with Gasteiger partial charge in [0.1, 0.15) is 5.52 Å². The largest absolute Gasteiger partial charge is 0.463 e. The molecule has 0 aliphatic rings. The summed E-state index contributed by atoms with van der Waals surface area (Å²) in [5.74, 6) is 0. The summed E-state index contributed by atoms with van der Waals surface area (Å²) >= 11 is 0. The number of carboxylic acid groups (broad SMARTS) is 1. The fraction of sp³-hybridized carbons (Fsp3) is 0.125. The molecule has 13 heavy (non-hydrogen) atoms. The molecule has 66 valence electrons. The summed E-state index contributed by atoms with van der Waals surface area (Å²) in [7, 11) is 0. The predicted molar refractivity (Wildman–Crippen MR) is 45.7 cm³/mol. The number of aromatic nitrogens is 3. The molecule has 2 heterocycles. The first-order valence-corrected chi connectivity index (χ1v) is 3.73. The van der Waals surface area contributed by atoms with Crippen molar-refractivity contribution in [2.45, 2.75) is 6.92 Å². The van der Waals surface area contributed by atoms with E-state index in [1.165, 1.54) is 6.20 Å². The van der Waals surface area contributed by atoms with Gasteiger partial charge in [0.15, 0.2) is 0 Å². The molecule has 2 rings (SSSR count). The topological polar surface area (TPSA) is 68.0 Å². The van der Waals surface area contributed by atoms with Crippen LogP contribution in [0.4, 0.5) is 4.79 Å². The van der Waals surface area contributed by atoms with Gasteiger partial charge in [0.2, 0.25) is 0 Å². The molecule has 0 aliphatic carbocycles. The Morgan fingerprint density at radius 1 is 1.62 bits per heavy atom. The molecule has 0 aliphatic heterocycles. The molecule has 0 unspecified atom stereocenters. The summed E-state index contributed by atoms with van der Waals surface area (Å²) in [6.07, 6.45) is 2.05. The molecule has 2 aromatic heterocycles. The van der Waals surface area contributed by atoms with Crippen LogP contribution in [0.3, 0.4) is 0 Å².